The van der Waals surface area contributed by atoms with Crippen LogP contribution in [0, 0.1) is 11.8 Å². The Bertz CT molecular complexity index is 372. The molecule has 2 aliphatic rings. The molecule has 22 heavy (non-hydrogen) atoms. The van der Waals surface area contributed by atoms with Crippen molar-refractivity contribution >= 4 is 5.97 Å². The SMILES string of the molecule is CCC[C@H]1O[C@H]2[C@H](C)[C@@H](OC(C)=O)[C@H](CCO)O[C@H]2C[C@H]1C. The fourth-order valence-corrected chi connectivity index (χ4v) is 3.87. The third kappa shape index (κ3) is 3.81. The summed E-state index contributed by atoms with van der Waals surface area (Å²) in [4.78, 5) is 11.4. The zero-order valence-electron chi connectivity index (χ0n) is 14.2. The molecule has 0 amide bonds. The van der Waals surface area contributed by atoms with Crippen LogP contribution in [0.15, 0.2) is 0 Å². The molecular formula is C17H30O5. The number of fused-ring (bicyclic) bond motifs is 1. The Balaban J connectivity index is 2.13. The van der Waals surface area contributed by atoms with Gasteiger partial charge in [0.05, 0.1) is 24.4 Å². The monoisotopic (exact) mass is 314 g/mol. The Morgan fingerprint density at radius 3 is 2.55 bits per heavy atom. The summed E-state index contributed by atoms with van der Waals surface area (Å²) in [5, 5.41) is 9.26. The number of rotatable bonds is 5. The maximum atomic E-state index is 11.4. The highest BCUT2D eigenvalue weighted by Crippen LogP contribution is 2.40. The second-order valence-corrected chi connectivity index (χ2v) is 6.80. The van der Waals surface area contributed by atoms with E-state index in [0.717, 1.165) is 19.3 Å². The van der Waals surface area contributed by atoms with Crippen LogP contribution in [0.4, 0.5) is 0 Å². The molecule has 2 heterocycles. The molecule has 128 valence electrons. The van der Waals surface area contributed by atoms with Gasteiger partial charge in [0, 0.05) is 25.9 Å². The van der Waals surface area contributed by atoms with Gasteiger partial charge in [-0.15, -0.1) is 0 Å². The molecule has 0 aromatic carbocycles. The second kappa shape index (κ2) is 7.75. The molecule has 0 aromatic rings. The maximum Gasteiger partial charge on any atom is 0.303 e. The van der Waals surface area contributed by atoms with Crippen LogP contribution in [0.1, 0.15) is 53.4 Å². The van der Waals surface area contributed by atoms with E-state index in [1.807, 2.05) is 0 Å². The molecule has 2 fully saturated rings. The molecule has 0 saturated carbocycles. The summed E-state index contributed by atoms with van der Waals surface area (Å²) in [7, 11) is 0. The minimum absolute atomic E-state index is 0.0291. The minimum atomic E-state index is -0.346. The van der Waals surface area contributed by atoms with Crippen LogP contribution in [-0.2, 0) is 19.0 Å². The first kappa shape index (κ1) is 17.7. The summed E-state index contributed by atoms with van der Waals surface area (Å²) in [6, 6.07) is 0. The topological polar surface area (TPSA) is 65.0 Å². The van der Waals surface area contributed by atoms with E-state index in [1.165, 1.54) is 6.92 Å². The van der Waals surface area contributed by atoms with E-state index in [9.17, 15) is 9.90 Å². The van der Waals surface area contributed by atoms with Crippen LogP contribution in [0.5, 0.6) is 0 Å². The highest BCUT2D eigenvalue weighted by Gasteiger charge is 2.49. The molecule has 7 atom stereocenters. The van der Waals surface area contributed by atoms with Gasteiger partial charge in [0.2, 0.25) is 0 Å². The van der Waals surface area contributed by atoms with Crippen molar-refractivity contribution in [3.63, 3.8) is 0 Å². The highest BCUT2D eigenvalue weighted by molar-refractivity contribution is 5.66. The Morgan fingerprint density at radius 1 is 1.23 bits per heavy atom. The molecule has 0 aliphatic carbocycles. The van der Waals surface area contributed by atoms with Gasteiger partial charge in [-0.25, -0.2) is 0 Å². The molecule has 0 bridgehead atoms. The first-order chi connectivity index (χ1) is 10.5. The normalized spacial score (nSPS) is 41.8. The predicted molar refractivity (Wildman–Crippen MR) is 82.4 cm³/mol. The second-order valence-electron chi connectivity index (χ2n) is 6.80. The average Bonchev–Trinajstić information content (AvgIpc) is 2.45. The van der Waals surface area contributed by atoms with E-state index >= 15 is 0 Å². The molecule has 0 aromatic heterocycles. The van der Waals surface area contributed by atoms with Crippen molar-refractivity contribution in [3.8, 4) is 0 Å². The average molecular weight is 314 g/mol. The third-order valence-electron chi connectivity index (χ3n) is 4.98. The molecule has 0 spiro atoms. The molecule has 1 N–H and O–H groups in total. The lowest BCUT2D eigenvalue weighted by Crippen LogP contribution is -2.59. The van der Waals surface area contributed by atoms with Crippen LogP contribution >= 0.6 is 0 Å². The number of carbonyl (C=O) groups is 1. The van der Waals surface area contributed by atoms with Crippen molar-refractivity contribution in [1.29, 1.82) is 0 Å². The molecule has 2 aliphatic heterocycles. The number of aliphatic hydroxyl groups is 1. The third-order valence-corrected chi connectivity index (χ3v) is 4.98. The lowest BCUT2D eigenvalue weighted by atomic mass is 9.79. The summed E-state index contributed by atoms with van der Waals surface area (Å²) in [5.41, 5.74) is 0. The first-order valence-electron chi connectivity index (χ1n) is 8.56. The van der Waals surface area contributed by atoms with Gasteiger partial charge in [0.15, 0.2) is 0 Å². The van der Waals surface area contributed by atoms with Crippen molar-refractivity contribution < 1.29 is 24.1 Å². The predicted octanol–water partition coefficient (Wildman–Crippen LogP) is 2.30. The van der Waals surface area contributed by atoms with Gasteiger partial charge in [-0.1, -0.05) is 27.2 Å². The van der Waals surface area contributed by atoms with Crippen LogP contribution < -0.4 is 0 Å². The van der Waals surface area contributed by atoms with E-state index in [0.29, 0.717) is 12.3 Å². The van der Waals surface area contributed by atoms with Crippen LogP contribution in [0.3, 0.4) is 0 Å². The largest absolute Gasteiger partial charge is 0.459 e. The summed E-state index contributed by atoms with van der Waals surface area (Å²) in [5.74, 6) is 0.232. The lowest BCUT2D eigenvalue weighted by molar-refractivity contribution is -0.260. The smallest absolute Gasteiger partial charge is 0.303 e. The number of carbonyl (C=O) groups excluding carboxylic acids is 1. The van der Waals surface area contributed by atoms with Gasteiger partial charge in [-0.3, -0.25) is 4.79 Å². The number of esters is 1. The quantitative estimate of drug-likeness (QED) is 0.789. The number of aliphatic hydroxyl groups excluding tert-OH is 1. The molecule has 2 saturated heterocycles. The Hall–Kier alpha value is -0.650. The van der Waals surface area contributed by atoms with Gasteiger partial charge >= 0.3 is 5.97 Å². The fourth-order valence-electron chi connectivity index (χ4n) is 3.87. The first-order valence-corrected chi connectivity index (χ1v) is 8.56. The van der Waals surface area contributed by atoms with Crippen molar-refractivity contribution in [3.05, 3.63) is 0 Å². The molecule has 0 unspecified atom stereocenters. The summed E-state index contributed by atoms with van der Waals surface area (Å²) in [6.07, 6.45) is 3.26. The van der Waals surface area contributed by atoms with Gasteiger partial charge in [-0.2, -0.15) is 0 Å². The summed E-state index contributed by atoms with van der Waals surface area (Å²) < 4.78 is 17.9. The van der Waals surface area contributed by atoms with E-state index in [-0.39, 0.29) is 49.0 Å². The van der Waals surface area contributed by atoms with Gasteiger partial charge in [0.1, 0.15) is 6.10 Å². The molecule has 0 radical (unpaired) electrons. The van der Waals surface area contributed by atoms with Crippen LogP contribution in [-0.4, -0.2) is 48.2 Å². The Morgan fingerprint density at radius 2 is 1.95 bits per heavy atom. The van der Waals surface area contributed by atoms with Gasteiger partial charge in [0.25, 0.3) is 0 Å². The maximum absolute atomic E-state index is 11.4. The minimum Gasteiger partial charge on any atom is -0.459 e. The van der Waals surface area contributed by atoms with Crippen LogP contribution in [0.2, 0.25) is 0 Å². The molecular weight excluding hydrogens is 284 g/mol. The molecule has 2 rings (SSSR count). The van der Waals surface area contributed by atoms with Crippen molar-refractivity contribution in [1.82, 2.24) is 0 Å². The van der Waals surface area contributed by atoms with Crippen LogP contribution in [0.25, 0.3) is 0 Å². The summed E-state index contributed by atoms with van der Waals surface area (Å²) >= 11 is 0. The van der Waals surface area contributed by atoms with Crippen molar-refractivity contribution in [2.75, 3.05) is 6.61 Å². The number of hydrogen-bond acceptors (Lipinski definition) is 5. The van der Waals surface area contributed by atoms with E-state index in [1.54, 1.807) is 0 Å². The zero-order valence-corrected chi connectivity index (χ0v) is 14.2. The Kier molecular flexibility index (Phi) is 6.24. The highest BCUT2D eigenvalue weighted by atomic mass is 16.6. The molecule has 5 nitrogen and oxygen atoms in total. The number of hydrogen-bond donors (Lipinski definition) is 1. The van der Waals surface area contributed by atoms with Crippen molar-refractivity contribution in [2.45, 2.75) is 83.9 Å². The fraction of sp³-hybridized carbons (Fsp3) is 0.941. The molecule has 5 heteroatoms. The number of ether oxygens (including phenoxy) is 3. The lowest BCUT2D eigenvalue weighted by Gasteiger charge is -2.50. The standard InChI is InChI=1S/C17H30O5/c1-5-6-13-10(2)9-15-17(22-13)11(3)16(20-12(4)19)14(21-15)7-8-18/h10-11,13-18H,5-9H2,1-4H3/t10-,11-,13-,14+,15+,16-,17+/m1/s1. The van der Waals surface area contributed by atoms with Gasteiger partial charge in [-0.05, 0) is 18.8 Å². The van der Waals surface area contributed by atoms with Gasteiger partial charge < -0.3 is 19.3 Å². The van der Waals surface area contributed by atoms with E-state index < -0.39 is 0 Å². The van der Waals surface area contributed by atoms with E-state index in [2.05, 4.69) is 20.8 Å². The van der Waals surface area contributed by atoms with E-state index in [4.69, 9.17) is 14.2 Å². The summed E-state index contributed by atoms with van der Waals surface area (Å²) in [6.45, 7) is 7.89. The Labute approximate surface area is 133 Å². The zero-order chi connectivity index (χ0) is 16.3. The van der Waals surface area contributed by atoms with Crippen molar-refractivity contribution in [2.24, 2.45) is 11.8 Å².